The summed E-state index contributed by atoms with van der Waals surface area (Å²) in [6.07, 6.45) is 2.30. The summed E-state index contributed by atoms with van der Waals surface area (Å²) in [4.78, 5) is 2.29. The van der Waals surface area contributed by atoms with Crippen molar-refractivity contribution in [2.45, 2.75) is 0 Å². The number of aromatic nitrogens is 1. The summed E-state index contributed by atoms with van der Waals surface area (Å²) in [6, 6.07) is 67.4. The molecule has 0 fully saturated rings. The first-order valence-corrected chi connectivity index (χ1v) is 16.4. The SMILES string of the molecule is c1ccc(-c2c3ccccc3n3cc4cc(-c5ccc(-c6ccc(N(c7ccccc7)c7ccccc7)cc6)cc5)ccc4cc23)cc1. The quantitative estimate of drug-likeness (QED) is 0.181. The van der Waals surface area contributed by atoms with Crippen LogP contribution in [-0.2, 0) is 0 Å². The van der Waals surface area contributed by atoms with E-state index in [-0.39, 0.29) is 0 Å². The van der Waals surface area contributed by atoms with Crippen molar-refractivity contribution in [3.63, 3.8) is 0 Å². The van der Waals surface area contributed by atoms with Crippen LogP contribution in [0.3, 0.4) is 0 Å². The van der Waals surface area contributed by atoms with E-state index >= 15 is 0 Å². The van der Waals surface area contributed by atoms with Crippen LogP contribution >= 0.6 is 0 Å². The van der Waals surface area contributed by atoms with Crippen LogP contribution in [0.5, 0.6) is 0 Å². The number of hydrogen-bond acceptors (Lipinski definition) is 1. The Morgan fingerprint density at radius 2 is 0.833 bits per heavy atom. The lowest BCUT2D eigenvalue weighted by Crippen LogP contribution is -2.09. The van der Waals surface area contributed by atoms with Crippen molar-refractivity contribution in [2.24, 2.45) is 0 Å². The molecule has 2 heteroatoms. The lowest BCUT2D eigenvalue weighted by Gasteiger charge is -2.25. The summed E-state index contributed by atoms with van der Waals surface area (Å²) in [5, 5.41) is 3.74. The Morgan fingerprint density at radius 3 is 1.48 bits per heavy atom. The van der Waals surface area contributed by atoms with Gasteiger partial charge in [-0.05, 0) is 93.2 Å². The minimum atomic E-state index is 1.13. The predicted octanol–water partition coefficient (Wildman–Crippen LogP) is 12.7. The largest absolute Gasteiger partial charge is 0.315 e. The van der Waals surface area contributed by atoms with Crippen molar-refractivity contribution in [2.75, 3.05) is 4.90 Å². The second-order valence-corrected chi connectivity index (χ2v) is 12.3. The van der Waals surface area contributed by atoms with Gasteiger partial charge >= 0.3 is 0 Å². The van der Waals surface area contributed by atoms with Crippen LogP contribution in [0.4, 0.5) is 17.1 Å². The molecular weight excluding hydrogens is 581 g/mol. The molecular formula is C46H32N2. The molecule has 0 saturated carbocycles. The summed E-state index contributed by atoms with van der Waals surface area (Å²) >= 11 is 0. The van der Waals surface area contributed by atoms with Crippen molar-refractivity contribution in [1.29, 1.82) is 0 Å². The summed E-state index contributed by atoms with van der Waals surface area (Å²) < 4.78 is 2.35. The monoisotopic (exact) mass is 612 g/mol. The maximum Gasteiger partial charge on any atom is 0.0547 e. The van der Waals surface area contributed by atoms with Crippen LogP contribution in [0.2, 0.25) is 0 Å². The fraction of sp³-hybridized carbons (Fsp3) is 0. The lowest BCUT2D eigenvalue weighted by molar-refractivity contribution is 1.28. The average Bonchev–Trinajstić information content (AvgIpc) is 3.48. The molecule has 2 aromatic heterocycles. The van der Waals surface area contributed by atoms with Gasteiger partial charge in [-0.1, -0.05) is 133 Å². The minimum absolute atomic E-state index is 1.13. The number of benzene rings is 7. The molecule has 226 valence electrons. The zero-order valence-corrected chi connectivity index (χ0v) is 26.4. The summed E-state index contributed by atoms with van der Waals surface area (Å²) in [6.45, 7) is 0. The van der Waals surface area contributed by atoms with Crippen molar-refractivity contribution in [3.8, 4) is 33.4 Å². The Kier molecular flexibility index (Phi) is 6.84. The zero-order chi connectivity index (χ0) is 31.9. The van der Waals surface area contributed by atoms with E-state index in [9.17, 15) is 0 Å². The first-order valence-electron chi connectivity index (χ1n) is 16.4. The van der Waals surface area contributed by atoms with Gasteiger partial charge in [-0.25, -0.2) is 0 Å². The zero-order valence-electron chi connectivity index (χ0n) is 26.4. The highest BCUT2D eigenvalue weighted by Crippen LogP contribution is 2.38. The van der Waals surface area contributed by atoms with E-state index < -0.39 is 0 Å². The third-order valence-corrected chi connectivity index (χ3v) is 9.36. The van der Waals surface area contributed by atoms with Gasteiger partial charge in [-0.3, -0.25) is 0 Å². The highest BCUT2D eigenvalue weighted by atomic mass is 15.1. The number of para-hydroxylation sites is 3. The molecule has 9 rings (SSSR count). The van der Waals surface area contributed by atoms with Gasteiger partial charge in [0.25, 0.3) is 0 Å². The number of nitrogens with zero attached hydrogens (tertiary/aromatic N) is 2. The molecule has 0 aliphatic heterocycles. The first-order chi connectivity index (χ1) is 23.8. The number of rotatable bonds is 6. The average molecular weight is 613 g/mol. The second kappa shape index (κ2) is 11.8. The van der Waals surface area contributed by atoms with Gasteiger partial charge in [-0.15, -0.1) is 0 Å². The van der Waals surface area contributed by atoms with Gasteiger partial charge in [-0.2, -0.15) is 0 Å². The second-order valence-electron chi connectivity index (χ2n) is 12.3. The Hall–Kier alpha value is -6.38. The molecule has 7 aromatic carbocycles. The lowest BCUT2D eigenvalue weighted by atomic mass is 9.98. The number of hydrogen-bond donors (Lipinski definition) is 0. The van der Waals surface area contributed by atoms with Crippen LogP contribution < -0.4 is 4.90 Å². The fourth-order valence-electron chi connectivity index (χ4n) is 7.02. The van der Waals surface area contributed by atoms with E-state index in [0.29, 0.717) is 0 Å². The molecule has 2 nitrogen and oxygen atoms in total. The van der Waals surface area contributed by atoms with Gasteiger partial charge in [0.2, 0.25) is 0 Å². The van der Waals surface area contributed by atoms with Crippen molar-refractivity contribution in [3.05, 3.63) is 194 Å². The van der Waals surface area contributed by atoms with E-state index in [1.54, 1.807) is 0 Å². The van der Waals surface area contributed by atoms with Crippen LogP contribution in [0.25, 0.3) is 60.6 Å². The van der Waals surface area contributed by atoms with Crippen LogP contribution in [-0.4, -0.2) is 4.40 Å². The smallest absolute Gasteiger partial charge is 0.0547 e. The number of fused-ring (bicyclic) bond motifs is 4. The molecule has 0 atom stereocenters. The van der Waals surface area contributed by atoms with Crippen molar-refractivity contribution in [1.82, 2.24) is 4.40 Å². The van der Waals surface area contributed by atoms with Crippen LogP contribution in [0.15, 0.2) is 194 Å². The van der Waals surface area contributed by atoms with Gasteiger partial charge in [0, 0.05) is 34.2 Å². The molecule has 0 aliphatic carbocycles. The van der Waals surface area contributed by atoms with Gasteiger partial charge in [0.05, 0.1) is 11.0 Å². The van der Waals surface area contributed by atoms with E-state index in [1.165, 1.54) is 60.6 Å². The molecule has 0 spiro atoms. The molecule has 0 N–H and O–H groups in total. The Balaban J connectivity index is 1.04. The molecule has 0 saturated heterocycles. The topological polar surface area (TPSA) is 7.65 Å². The summed E-state index contributed by atoms with van der Waals surface area (Å²) in [5.41, 5.74) is 13.2. The van der Waals surface area contributed by atoms with Crippen molar-refractivity contribution < 1.29 is 0 Å². The van der Waals surface area contributed by atoms with Crippen LogP contribution in [0, 0.1) is 0 Å². The van der Waals surface area contributed by atoms with E-state index in [0.717, 1.165) is 17.1 Å². The van der Waals surface area contributed by atoms with Crippen molar-refractivity contribution >= 4 is 44.3 Å². The molecule has 0 unspecified atom stereocenters. The Bertz CT molecular complexity index is 2470. The molecule has 0 radical (unpaired) electrons. The molecule has 0 amide bonds. The van der Waals surface area contributed by atoms with Gasteiger partial charge < -0.3 is 9.30 Å². The Morgan fingerprint density at radius 1 is 0.333 bits per heavy atom. The minimum Gasteiger partial charge on any atom is -0.315 e. The maximum atomic E-state index is 2.35. The maximum absolute atomic E-state index is 2.35. The van der Waals surface area contributed by atoms with E-state index in [4.69, 9.17) is 0 Å². The normalized spacial score (nSPS) is 11.3. The highest BCUT2D eigenvalue weighted by molar-refractivity contribution is 6.08. The summed E-state index contributed by atoms with van der Waals surface area (Å²) in [5.74, 6) is 0. The summed E-state index contributed by atoms with van der Waals surface area (Å²) in [7, 11) is 0. The highest BCUT2D eigenvalue weighted by Gasteiger charge is 2.15. The first kappa shape index (κ1) is 27.9. The number of pyridine rings is 1. The Labute approximate surface area is 280 Å². The standard InChI is InChI=1S/C46H32N2/c1-4-12-36(13-5-1)46-43-18-10-11-19-44(43)47-32-39-30-37(24-25-38(39)31-45(46)47)35-22-20-33(21-23-35)34-26-28-42(29-27-34)48(40-14-6-2-7-15-40)41-16-8-3-9-17-41/h1-32H. The molecule has 48 heavy (non-hydrogen) atoms. The molecule has 0 bridgehead atoms. The molecule has 2 heterocycles. The third kappa shape index (κ3) is 4.92. The van der Waals surface area contributed by atoms with E-state index in [2.05, 4.69) is 204 Å². The number of anilines is 3. The molecule has 0 aliphatic rings. The predicted molar refractivity (Wildman–Crippen MR) is 203 cm³/mol. The van der Waals surface area contributed by atoms with Gasteiger partial charge in [0.15, 0.2) is 0 Å². The van der Waals surface area contributed by atoms with E-state index in [1.807, 2.05) is 0 Å². The fourth-order valence-corrected chi connectivity index (χ4v) is 7.02. The molecule has 9 aromatic rings. The third-order valence-electron chi connectivity index (χ3n) is 9.36. The van der Waals surface area contributed by atoms with Gasteiger partial charge in [0.1, 0.15) is 0 Å². The van der Waals surface area contributed by atoms with Crippen LogP contribution in [0.1, 0.15) is 0 Å².